The van der Waals surface area contributed by atoms with Crippen LogP contribution in [-0.4, -0.2) is 72.9 Å². The molecule has 4 rings (SSSR count). The molecule has 0 atom stereocenters. The van der Waals surface area contributed by atoms with Crippen molar-refractivity contribution in [1.82, 2.24) is 20.5 Å². The number of phenols is 1. The molecule has 1 aliphatic rings. The number of aromatic amines is 1. The van der Waals surface area contributed by atoms with E-state index in [1.165, 1.54) is 11.1 Å². The summed E-state index contributed by atoms with van der Waals surface area (Å²) in [5, 5.41) is 16.9. The van der Waals surface area contributed by atoms with Gasteiger partial charge in [0.25, 0.3) is 0 Å². The smallest absolute Gasteiger partial charge is 0.305 e. The second kappa shape index (κ2) is 13.7. The number of phenolic OH excluding ortho intramolecular Hbond substituents is 1. The molecular formula is C28H38N4O4S. The number of hydrogen-bond acceptors (Lipinski definition) is 7. The molecule has 37 heavy (non-hydrogen) atoms. The van der Waals surface area contributed by atoms with Crippen molar-refractivity contribution in [2.24, 2.45) is 0 Å². The van der Waals surface area contributed by atoms with E-state index in [-0.39, 0.29) is 22.6 Å². The minimum Gasteiger partial charge on any atom is -0.506 e. The highest BCUT2D eigenvalue weighted by Crippen LogP contribution is 2.27. The summed E-state index contributed by atoms with van der Waals surface area (Å²) in [4.78, 5) is 29.4. The quantitative estimate of drug-likeness (QED) is 0.255. The van der Waals surface area contributed by atoms with Crippen LogP contribution < -0.4 is 15.5 Å². The highest BCUT2D eigenvalue weighted by Gasteiger charge is 2.25. The van der Waals surface area contributed by atoms with Gasteiger partial charge in [-0.3, -0.25) is 9.59 Å². The SMILES string of the molecule is Cc1ccc(CCNCCC(=O)N(CCNCCc2ccc(O)c3[nH]c(=O)sc23)C2CCOCC2)cc1. The van der Waals surface area contributed by atoms with Gasteiger partial charge >= 0.3 is 4.87 Å². The number of carbonyl (C=O) groups excluding carboxylic acids is 1. The maximum Gasteiger partial charge on any atom is 0.305 e. The van der Waals surface area contributed by atoms with E-state index in [1.807, 2.05) is 11.0 Å². The number of H-pyrrole nitrogens is 1. The number of fused-ring (bicyclic) bond motifs is 1. The predicted octanol–water partition coefficient (Wildman–Crippen LogP) is 2.97. The lowest BCUT2D eigenvalue weighted by Crippen LogP contribution is -2.47. The number of aryl methyl sites for hydroxylation is 1. The van der Waals surface area contributed by atoms with E-state index in [0.29, 0.717) is 44.8 Å². The van der Waals surface area contributed by atoms with Gasteiger partial charge in [-0.1, -0.05) is 47.2 Å². The van der Waals surface area contributed by atoms with Crippen molar-refractivity contribution in [3.63, 3.8) is 0 Å². The fourth-order valence-electron chi connectivity index (χ4n) is 4.78. The molecule has 8 nitrogen and oxygen atoms in total. The summed E-state index contributed by atoms with van der Waals surface area (Å²) in [5.41, 5.74) is 4.11. The Hall–Kier alpha value is -2.72. The van der Waals surface area contributed by atoms with Gasteiger partial charge in [0, 0.05) is 45.3 Å². The van der Waals surface area contributed by atoms with Crippen LogP contribution in [0, 0.1) is 6.92 Å². The van der Waals surface area contributed by atoms with Crippen molar-refractivity contribution < 1.29 is 14.6 Å². The predicted molar refractivity (Wildman–Crippen MR) is 149 cm³/mol. The highest BCUT2D eigenvalue weighted by atomic mass is 32.1. The van der Waals surface area contributed by atoms with E-state index in [9.17, 15) is 14.7 Å². The average Bonchev–Trinajstić information content (AvgIpc) is 3.31. The van der Waals surface area contributed by atoms with Gasteiger partial charge < -0.3 is 30.4 Å². The largest absolute Gasteiger partial charge is 0.506 e. The monoisotopic (exact) mass is 526 g/mol. The molecule has 0 radical (unpaired) electrons. The molecule has 0 spiro atoms. The number of amides is 1. The van der Waals surface area contributed by atoms with Gasteiger partial charge in [-0.05, 0) is 62.9 Å². The average molecular weight is 527 g/mol. The molecular weight excluding hydrogens is 488 g/mol. The molecule has 0 aliphatic carbocycles. The zero-order valence-corrected chi connectivity index (χ0v) is 22.4. The fraction of sp³-hybridized carbons (Fsp3) is 0.500. The van der Waals surface area contributed by atoms with E-state index < -0.39 is 0 Å². The van der Waals surface area contributed by atoms with Crippen molar-refractivity contribution in [3.05, 3.63) is 62.8 Å². The van der Waals surface area contributed by atoms with Gasteiger partial charge in [-0.15, -0.1) is 0 Å². The summed E-state index contributed by atoms with van der Waals surface area (Å²) in [5.74, 6) is 0.286. The number of nitrogens with zero attached hydrogens (tertiary/aromatic N) is 1. The van der Waals surface area contributed by atoms with Crippen LogP contribution in [-0.2, 0) is 22.4 Å². The summed E-state index contributed by atoms with van der Waals surface area (Å²) in [7, 11) is 0. The van der Waals surface area contributed by atoms with E-state index in [1.54, 1.807) is 6.07 Å². The maximum atomic E-state index is 13.1. The number of nitrogens with one attached hydrogen (secondary N) is 3. The van der Waals surface area contributed by atoms with E-state index in [4.69, 9.17) is 4.74 Å². The lowest BCUT2D eigenvalue weighted by Gasteiger charge is -2.34. The summed E-state index contributed by atoms with van der Waals surface area (Å²) >= 11 is 1.12. The molecule has 3 aromatic rings. The number of rotatable bonds is 13. The van der Waals surface area contributed by atoms with Crippen LogP contribution in [0.25, 0.3) is 10.2 Å². The zero-order chi connectivity index (χ0) is 26.0. The first-order valence-corrected chi connectivity index (χ1v) is 14.0. The molecule has 1 aromatic heterocycles. The van der Waals surface area contributed by atoms with Crippen molar-refractivity contribution in [3.8, 4) is 5.75 Å². The molecule has 2 heterocycles. The summed E-state index contributed by atoms with van der Waals surface area (Å²) < 4.78 is 6.33. The number of aromatic nitrogens is 1. The van der Waals surface area contributed by atoms with Crippen molar-refractivity contribution in [1.29, 1.82) is 0 Å². The number of hydrogen-bond donors (Lipinski definition) is 4. The van der Waals surface area contributed by atoms with Gasteiger partial charge in [0.05, 0.1) is 4.70 Å². The standard InChI is InChI=1S/C28H38N4O4S/c1-20-2-4-21(5-3-20)8-13-29-15-10-25(34)32(23-11-18-36-19-12-23)17-16-30-14-9-22-6-7-24(33)26-27(22)37-28(35)31-26/h2-7,23,29-30,33H,8-19H2,1H3,(H,31,35). The second-order valence-corrected chi connectivity index (χ2v) is 10.6. The molecule has 1 fully saturated rings. The minimum atomic E-state index is -0.166. The van der Waals surface area contributed by atoms with Crippen LogP contribution in [0.4, 0.5) is 0 Å². The Morgan fingerprint density at radius 2 is 1.78 bits per heavy atom. The van der Waals surface area contributed by atoms with Gasteiger partial charge in [-0.25, -0.2) is 0 Å². The molecule has 0 unspecified atom stereocenters. The topological polar surface area (TPSA) is 107 Å². The van der Waals surface area contributed by atoms with Gasteiger partial charge in [0.2, 0.25) is 5.91 Å². The van der Waals surface area contributed by atoms with Crippen LogP contribution in [0.1, 0.15) is 36.0 Å². The van der Waals surface area contributed by atoms with Crippen molar-refractivity contribution >= 4 is 27.5 Å². The minimum absolute atomic E-state index is 0.0975. The Bertz CT molecular complexity index is 1200. The first kappa shape index (κ1) is 27.3. The molecule has 0 saturated carbocycles. The third kappa shape index (κ3) is 7.88. The first-order chi connectivity index (χ1) is 18.0. The molecule has 2 aromatic carbocycles. The summed E-state index contributed by atoms with van der Waals surface area (Å²) in [6, 6.07) is 12.3. The maximum absolute atomic E-state index is 13.1. The molecule has 9 heteroatoms. The van der Waals surface area contributed by atoms with Crippen molar-refractivity contribution in [2.45, 2.75) is 45.1 Å². The van der Waals surface area contributed by atoms with Crippen LogP contribution in [0.3, 0.4) is 0 Å². The van der Waals surface area contributed by atoms with Gasteiger partial charge in [-0.2, -0.15) is 0 Å². The Kier molecular flexibility index (Phi) is 10.1. The second-order valence-electron chi connectivity index (χ2n) is 9.63. The van der Waals surface area contributed by atoms with Crippen LogP contribution in [0.5, 0.6) is 5.75 Å². The molecule has 200 valence electrons. The van der Waals surface area contributed by atoms with Crippen LogP contribution >= 0.6 is 11.3 Å². The number of aromatic hydroxyl groups is 1. The number of ether oxygens (including phenoxy) is 1. The lowest BCUT2D eigenvalue weighted by molar-refractivity contribution is -0.135. The number of benzene rings is 2. The third-order valence-electron chi connectivity index (χ3n) is 6.92. The van der Waals surface area contributed by atoms with Crippen LogP contribution in [0.15, 0.2) is 41.2 Å². The molecule has 4 N–H and O–H groups in total. The Labute approximate surface area is 222 Å². The Morgan fingerprint density at radius 3 is 2.57 bits per heavy atom. The Balaban J connectivity index is 1.21. The summed E-state index contributed by atoms with van der Waals surface area (Å²) in [6.45, 7) is 7.12. The van der Waals surface area contributed by atoms with Crippen LogP contribution in [0.2, 0.25) is 0 Å². The van der Waals surface area contributed by atoms with Gasteiger partial charge in [0.15, 0.2) is 0 Å². The molecule has 1 saturated heterocycles. The first-order valence-electron chi connectivity index (χ1n) is 13.2. The number of carbonyl (C=O) groups is 1. The molecule has 1 aliphatic heterocycles. The number of thiazole rings is 1. The highest BCUT2D eigenvalue weighted by molar-refractivity contribution is 7.16. The lowest BCUT2D eigenvalue weighted by atomic mass is 10.1. The normalized spacial score (nSPS) is 14.3. The molecule has 1 amide bonds. The van der Waals surface area contributed by atoms with Gasteiger partial charge in [0.1, 0.15) is 11.3 Å². The fourth-order valence-corrected chi connectivity index (χ4v) is 5.67. The van der Waals surface area contributed by atoms with Crippen molar-refractivity contribution in [2.75, 3.05) is 45.9 Å². The van der Waals surface area contributed by atoms with E-state index in [2.05, 4.69) is 46.8 Å². The zero-order valence-electron chi connectivity index (χ0n) is 21.6. The molecule has 0 bridgehead atoms. The summed E-state index contributed by atoms with van der Waals surface area (Å²) in [6.07, 6.45) is 3.94. The van der Waals surface area contributed by atoms with E-state index >= 15 is 0 Å². The Morgan fingerprint density at radius 1 is 1.05 bits per heavy atom. The third-order valence-corrected chi connectivity index (χ3v) is 7.88. The van der Waals surface area contributed by atoms with E-state index in [0.717, 1.165) is 60.4 Å².